The van der Waals surface area contributed by atoms with Gasteiger partial charge in [0.1, 0.15) is 0 Å². The second kappa shape index (κ2) is 6.59. The van der Waals surface area contributed by atoms with E-state index in [9.17, 15) is 13.9 Å². The van der Waals surface area contributed by atoms with Crippen molar-refractivity contribution in [3.05, 3.63) is 71.3 Å². The molecule has 0 radical (unpaired) electrons. The average molecular weight is 277 g/mol. The number of halogens is 2. The third-order valence-corrected chi connectivity index (χ3v) is 3.28. The molecule has 2 nitrogen and oxygen atoms in total. The minimum atomic E-state index is -0.864. The summed E-state index contributed by atoms with van der Waals surface area (Å²) in [6, 6.07) is 12.9. The first-order valence-corrected chi connectivity index (χ1v) is 6.48. The Labute approximate surface area is 117 Å². The maximum absolute atomic E-state index is 13.2. The molecular formula is C16H17F2NO. The van der Waals surface area contributed by atoms with Gasteiger partial charge in [-0.1, -0.05) is 36.4 Å². The molecule has 2 atom stereocenters. The molecule has 0 saturated heterocycles. The summed E-state index contributed by atoms with van der Waals surface area (Å²) in [6.07, 6.45) is 0. The lowest BCUT2D eigenvalue weighted by molar-refractivity contribution is 0.235. The minimum absolute atomic E-state index is 0.0714. The smallest absolute Gasteiger partial charge is 0.159 e. The number of hydrogen-bond donors (Lipinski definition) is 2. The van der Waals surface area contributed by atoms with Crippen molar-refractivity contribution in [2.75, 3.05) is 6.61 Å². The van der Waals surface area contributed by atoms with Crippen LogP contribution in [0.2, 0.25) is 0 Å². The monoisotopic (exact) mass is 277 g/mol. The predicted molar refractivity (Wildman–Crippen MR) is 74.2 cm³/mol. The average Bonchev–Trinajstić information content (AvgIpc) is 2.48. The van der Waals surface area contributed by atoms with Crippen molar-refractivity contribution in [3.63, 3.8) is 0 Å². The van der Waals surface area contributed by atoms with Gasteiger partial charge >= 0.3 is 0 Å². The molecule has 0 aromatic heterocycles. The standard InChI is InChI=1S/C16H17F2NO/c1-11(13-7-8-14(17)15(18)9-13)19-16(10-20)12-5-3-2-4-6-12/h2-9,11,16,19-20H,10H2,1H3/t11?,16-/m0/s1. The number of aliphatic hydroxyl groups excluding tert-OH is 1. The van der Waals surface area contributed by atoms with Crippen LogP contribution in [-0.2, 0) is 0 Å². The molecule has 0 aliphatic carbocycles. The number of hydrogen-bond acceptors (Lipinski definition) is 2. The topological polar surface area (TPSA) is 32.3 Å². The van der Waals surface area contributed by atoms with E-state index in [1.54, 1.807) is 0 Å². The Morgan fingerprint density at radius 2 is 1.70 bits per heavy atom. The zero-order chi connectivity index (χ0) is 14.5. The Morgan fingerprint density at radius 1 is 1.00 bits per heavy atom. The van der Waals surface area contributed by atoms with Crippen molar-refractivity contribution in [1.82, 2.24) is 5.32 Å². The van der Waals surface area contributed by atoms with Gasteiger partial charge in [0.05, 0.1) is 12.6 Å². The molecule has 2 aromatic carbocycles. The van der Waals surface area contributed by atoms with Gasteiger partial charge < -0.3 is 10.4 Å². The fourth-order valence-corrected chi connectivity index (χ4v) is 2.12. The second-order valence-corrected chi connectivity index (χ2v) is 4.71. The maximum Gasteiger partial charge on any atom is 0.159 e. The van der Waals surface area contributed by atoms with Gasteiger partial charge in [-0.15, -0.1) is 0 Å². The van der Waals surface area contributed by atoms with E-state index in [1.807, 2.05) is 37.3 Å². The Balaban J connectivity index is 2.13. The van der Waals surface area contributed by atoms with Crippen LogP contribution in [0.5, 0.6) is 0 Å². The number of aliphatic hydroxyl groups is 1. The summed E-state index contributed by atoms with van der Waals surface area (Å²) in [6.45, 7) is 1.77. The molecule has 1 unspecified atom stereocenters. The van der Waals surface area contributed by atoms with Crippen molar-refractivity contribution < 1.29 is 13.9 Å². The first kappa shape index (κ1) is 14.6. The molecule has 0 aliphatic rings. The van der Waals surface area contributed by atoms with Gasteiger partial charge in [0.25, 0.3) is 0 Å². The maximum atomic E-state index is 13.2. The quantitative estimate of drug-likeness (QED) is 0.878. The van der Waals surface area contributed by atoms with E-state index in [1.165, 1.54) is 12.1 Å². The molecule has 0 heterocycles. The van der Waals surface area contributed by atoms with Crippen molar-refractivity contribution in [1.29, 1.82) is 0 Å². The molecule has 0 spiro atoms. The third-order valence-electron chi connectivity index (χ3n) is 3.28. The zero-order valence-corrected chi connectivity index (χ0v) is 11.2. The number of nitrogens with one attached hydrogen (secondary N) is 1. The molecule has 106 valence electrons. The minimum Gasteiger partial charge on any atom is -0.394 e. The van der Waals surface area contributed by atoms with E-state index in [0.29, 0.717) is 5.56 Å². The van der Waals surface area contributed by atoms with Gasteiger partial charge in [-0.3, -0.25) is 0 Å². The van der Waals surface area contributed by atoms with Gasteiger partial charge in [0, 0.05) is 6.04 Å². The van der Waals surface area contributed by atoms with Crippen molar-refractivity contribution in [2.45, 2.75) is 19.0 Å². The Morgan fingerprint density at radius 3 is 2.30 bits per heavy atom. The molecule has 2 rings (SSSR count). The lowest BCUT2D eigenvalue weighted by Crippen LogP contribution is -2.27. The highest BCUT2D eigenvalue weighted by molar-refractivity contribution is 5.23. The third kappa shape index (κ3) is 3.40. The Hall–Kier alpha value is -1.78. The highest BCUT2D eigenvalue weighted by Gasteiger charge is 2.15. The van der Waals surface area contributed by atoms with E-state index in [-0.39, 0.29) is 18.7 Å². The van der Waals surface area contributed by atoms with Crippen LogP contribution < -0.4 is 5.32 Å². The summed E-state index contributed by atoms with van der Waals surface area (Å²) in [5.41, 5.74) is 1.59. The largest absolute Gasteiger partial charge is 0.394 e. The lowest BCUT2D eigenvalue weighted by atomic mass is 10.0. The number of benzene rings is 2. The van der Waals surface area contributed by atoms with Crippen LogP contribution in [0.25, 0.3) is 0 Å². The lowest BCUT2D eigenvalue weighted by Gasteiger charge is -2.22. The molecule has 0 fully saturated rings. The van der Waals surface area contributed by atoms with E-state index in [2.05, 4.69) is 5.32 Å². The van der Waals surface area contributed by atoms with Crippen LogP contribution in [0, 0.1) is 11.6 Å². The summed E-state index contributed by atoms with van der Waals surface area (Å²) in [5, 5.41) is 12.7. The molecule has 0 saturated carbocycles. The fourth-order valence-electron chi connectivity index (χ4n) is 2.12. The summed E-state index contributed by atoms with van der Waals surface area (Å²) in [4.78, 5) is 0. The molecular weight excluding hydrogens is 260 g/mol. The molecule has 2 N–H and O–H groups in total. The van der Waals surface area contributed by atoms with Crippen molar-refractivity contribution in [2.24, 2.45) is 0 Å². The van der Waals surface area contributed by atoms with Crippen LogP contribution in [0.1, 0.15) is 30.1 Å². The molecule has 0 amide bonds. The second-order valence-electron chi connectivity index (χ2n) is 4.71. The van der Waals surface area contributed by atoms with Gasteiger partial charge in [-0.25, -0.2) is 8.78 Å². The van der Waals surface area contributed by atoms with E-state index in [4.69, 9.17) is 0 Å². The Bertz CT molecular complexity index is 560. The van der Waals surface area contributed by atoms with Gasteiger partial charge in [0.15, 0.2) is 11.6 Å². The molecule has 0 aliphatic heterocycles. The van der Waals surface area contributed by atoms with E-state index < -0.39 is 11.6 Å². The van der Waals surface area contributed by atoms with Gasteiger partial charge in [-0.05, 0) is 30.2 Å². The van der Waals surface area contributed by atoms with Crippen LogP contribution in [0.3, 0.4) is 0 Å². The van der Waals surface area contributed by atoms with Crippen LogP contribution in [0.15, 0.2) is 48.5 Å². The Kier molecular flexibility index (Phi) is 4.82. The van der Waals surface area contributed by atoms with Crippen molar-refractivity contribution >= 4 is 0 Å². The fraction of sp³-hybridized carbons (Fsp3) is 0.250. The van der Waals surface area contributed by atoms with Crippen LogP contribution in [0.4, 0.5) is 8.78 Å². The summed E-state index contributed by atoms with van der Waals surface area (Å²) >= 11 is 0. The zero-order valence-electron chi connectivity index (χ0n) is 11.2. The number of rotatable bonds is 5. The summed E-state index contributed by atoms with van der Waals surface area (Å²) in [5.74, 6) is -1.72. The molecule has 4 heteroatoms. The van der Waals surface area contributed by atoms with Crippen molar-refractivity contribution in [3.8, 4) is 0 Å². The summed E-state index contributed by atoms with van der Waals surface area (Å²) < 4.78 is 26.2. The van der Waals surface area contributed by atoms with E-state index >= 15 is 0 Å². The normalized spacial score (nSPS) is 14.0. The van der Waals surface area contributed by atoms with E-state index in [0.717, 1.165) is 11.6 Å². The predicted octanol–water partition coefficient (Wildman–Crippen LogP) is 3.35. The van der Waals surface area contributed by atoms with Crippen LogP contribution in [-0.4, -0.2) is 11.7 Å². The highest BCUT2D eigenvalue weighted by atomic mass is 19.2. The SMILES string of the molecule is CC(N[C@@H](CO)c1ccccc1)c1ccc(F)c(F)c1. The molecule has 20 heavy (non-hydrogen) atoms. The van der Waals surface area contributed by atoms with Crippen LogP contribution >= 0.6 is 0 Å². The highest BCUT2D eigenvalue weighted by Crippen LogP contribution is 2.20. The molecule has 2 aromatic rings. The summed E-state index contributed by atoms with van der Waals surface area (Å²) in [7, 11) is 0. The molecule has 0 bridgehead atoms. The first-order chi connectivity index (χ1) is 9.61. The van der Waals surface area contributed by atoms with Gasteiger partial charge in [-0.2, -0.15) is 0 Å². The van der Waals surface area contributed by atoms with Gasteiger partial charge in [0.2, 0.25) is 0 Å². The first-order valence-electron chi connectivity index (χ1n) is 6.48.